The molecule has 0 aliphatic heterocycles. The van der Waals surface area contributed by atoms with E-state index in [0.29, 0.717) is 11.4 Å². The van der Waals surface area contributed by atoms with Gasteiger partial charge in [0.15, 0.2) is 0 Å². The smallest absolute Gasteiger partial charge is 0.143 e. The van der Waals surface area contributed by atoms with Crippen LogP contribution < -0.4 is 21.0 Å². The molecule has 8 aromatic carbocycles. The van der Waals surface area contributed by atoms with Crippen molar-refractivity contribution in [1.29, 1.82) is 0 Å². The SMILES string of the molecule is CC(C)(C)c1cc(-c2ccc3c4ccccc4n(-c4cc(C(C)(C)C)cc(C(C)(C)C)c4O)c3n2)[c-]c([Si](C)(C)c2cc(-c3ccccc3)ccn2)c1.CC(C)(C)c1cc(-c2nc3c(cc2C(C)(C)C)c2cc(C(C)(C)C)ccc2n3-c2ccccc2O)[c-]c([Si](C)(C)c2cc(-c3ccccc3)ccn2)c1.[Pt].[Pt]. The Morgan fingerprint density at radius 3 is 1.33 bits per heavy atom. The number of pyridine rings is 4. The molecule has 0 radical (unpaired) electrons. The number of nitrogens with zero attached hydrogens (tertiary/aromatic N) is 6. The molecule has 0 aliphatic carbocycles. The van der Waals surface area contributed by atoms with E-state index in [1.54, 1.807) is 6.07 Å². The van der Waals surface area contributed by atoms with E-state index in [9.17, 15) is 10.2 Å². The average Bonchev–Trinajstić information content (AvgIpc) is 1.56. The molecule has 8 nitrogen and oxygen atoms in total. The van der Waals surface area contributed by atoms with E-state index in [2.05, 4.69) is 354 Å². The van der Waals surface area contributed by atoms with Crippen LogP contribution in [-0.4, -0.2) is 55.4 Å². The van der Waals surface area contributed by atoms with Crippen LogP contribution in [0.15, 0.2) is 219 Å². The summed E-state index contributed by atoms with van der Waals surface area (Å²) in [4.78, 5) is 21.1. The molecule has 6 heterocycles. The van der Waals surface area contributed by atoms with Crippen LogP contribution in [0.4, 0.5) is 0 Å². The number of para-hydroxylation sites is 3. The molecule has 0 aliphatic rings. The molecule has 2 N–H and O–H groups in total. The van der Waals surface area contributed by atoms with Crippen molar-refractivity contribution in [1.82, 2.24) is 29.1 Å². The van der Waals surface area contributed by atoms with E-state index in [4.69, 9.17) is 19.9 Å². The topological polar surface area (TPSA) is 102 Å². The first-order valence-electron chi connectivity index (χ1n) is 37.5. The van der Waals surface area contributed by atoms with E-state index in [1.165, 1.54) is 60.4 Å². The predicted octanol–water partition coefficient (Wildman–Crippen LogP) is 22.3. The number of fused-ring (bicyclic) bond motifs is 6. The van der Waals surface area contributed by atoms with Gasteiger partial charge in [-0.15, -0.1) is 69.0 Å². The fourth-order valence-corrected chi connectivity index (χ4v) is 18.8. The van der Waals surface area contributed by atoms with E-state index >= 15 is 0 Å². The van der Waals surface area contributed by atoms with Crippen LogP contribution >= 0.6 is 0 Å². The van der Waals surface area contributed by atoms with Gasteiger partial charge < -0.3 is 10.2 Å². The predicted molar refractivity (Wildman–Crippen MR) is 454 cm³/mol. The molecule has 14 rings (SSSR count). The average molecular weight is 1820 g/mol. The quantitative estimate of drug-likeness (QED) is 0.104. The monoisotopic (exact) mass is 1820 g/mol. The first-order valence-corrected chi connectivity index (χ1v) is 43.5. The zero-order valence-corrected chi connectivity index (χ0v) is 73.5. The zero-order chi connectivity index (χ0) is 76.2. The molecular formula is C96H104N6O2Pt2Si2-2. The molecule has 14 aromatic rings. The van der Waals surface area contributed by atoms with Crippen LogP contribution in [0.2, 0.25) is 26.2 Å². The molecule has 0 fully saturated rings. The van der Waals surface area contributed by atoms with Gasteiger partial charge in [0.05, 0.1) is 22.4 Å². The number of hydrogen-bond acceptors (Lipinski definition) is 6. The van der Waals surface area contributed by atoms with Gasteiger partial charge >= 0.3 is 0 Å². The Balaban J connectivity index is 0.000000211. The maximum Gasteiger partial charge on any atom is 0.143 e. The largest absolute Gasteiger partial charge is 0.506 e. The minimum absolute atomic E-state index is 0. The van der Waals surface area contributed by atoms with E-state index < -0.39 is 16.1 Å². The number of rotatable bonds is 10. The summed E-state index contributed by atoms with van der Waals surface area (Å²) in [6.07, 6.45) is 3.90. The summed E-state index contributed by atoms with van der Waals surface area (Å²) < 4.78 is 4.30. The minimum Gasteiger partial charge on any atom is -0.506 e. The second-order valence-electron chi connectivity index (χ2n) is 36.4. The minimum atomic E-state index is -2.37. The van der Waals surface area contributed by atoms with E-state index in [1.807, 2.05) is 30.6 Å². The van der Waals surface area contributed by atoms with Gasteiger partial charge in [0.25, 0.3) is 0 Å². The fraction of sp³-hybridized carbons (Fsp3) is 0.292. The summed E-state index contributed by atoms with van der Waals surface area (Å²) in [5.74, 6) is 0.512. The molecular weight excluding hydrogens is 1720 g/mol. The van der Waals surface area contributed by atoms with Crippen LogP contribution in [0.3, 0.4) is 0 Å². The van der Waals surface area contributed by atoms with Gasteiger partial charge in [-0.2, -0.15) is 0 Å². The van der Waals surface area contributed by atoms with E-state index in [0.717, 1.165) is 88.3 Å². The van der Waals surface area contributed by atoms with Crippen LogP contribution in [0.25, 0.3) is 100 Å². The van der Waals surface area contributed by atoms with E-state index in [-0.39, 0.29) is 80.4 Å². The number of phenols is 2. The third kappa shape index (κ3) is 15.8. The van der Waals surface area contributed by atoms with Crippen molar-refractivity contribution in [3.63, 3.8) is 0 Å². The third-order valence-corrected chi connectivity index (χ3v) is 27.8. The molecule has 108 heavy (non-hydrogen) atoms. The summed E-state index contributed by atoms with van der Waals surface area (Å²) in [7, 11) is -4.69. The maximum absolute atomic E-state index is 12.1. The summed E-state index contributed by atoms with van der Waals surface area (Å²) >= 11 is 0. The standard InChI is InChI=1S/2C48H52N3OSi.2Pt/c1-46(2,3)34-25-33(26-36(28-34)53(10,11)43-27-32(23-24-49-43)31-17-13-12-14-18-31)40-22-21-38-37-19-15-16-20-41(37)51(45(38)50-40)42-30-35(47(4,5)6)29-39(44(42)52)48(7,8)9;1-46(2,3)34-21-22-40-37(29-34)38-30-39(48(7,8)9)44(50-45(38)51(40)41-19-15-16-20-42(41)52)33-25-35(47(4,5)6)28-36(26-33)53(10,11)43-27-32(23-24-49-43)31-17-13-12-14-18-31;;/h2*12-25,27-30,52H,1-11H3;;/q2*-1;;. The number of aromatic nitrogens is 6. The van der Waals surface area contributed by atoms with Gasteiger partial charge in [0.2, 0.25) is 0 Å². The van der Waals surface area contributed by atoms with Crippen molar-refractivity contribution >= 4 is 81.0 Å². The van der Waals surface area contributed by atoms with Gasteiger partial charge in [0.1, 0.15) is 38.9 Å². The van der Waals surface area contributed by atoms with Crippen molar-refractivity contribution in [3.05, 3.63) is 264 Å². The van der Waals surface area contributed by atoms with Gasteiger partial charge in [-0.1, -0.05) is 278 Å². The Hall–Kier alpha value is -8.63. The van der Waals surface area contributed by atoms with Crippen molar-refractivity contribution in [2.45, 2.75) is 183 Å². The van der Waals surface area contributed by atoms with Gasteiger partial charge in [-0.3, -0.25) is 29.1 Å². The molecule has 12 heteroatoms. The maximum atomic E-state index is 12.1. The molecule has 0 amide bonds. The van der Waals surface area contributed by atoms with Crippen molar-refractivity contribution < 1.29 is 52.3 Å². The van der Waals surface area contributed by atoms with Crippen molar-refractivity contribution in [3.8, 4) is 67.6 Å². The summed E-state index contributed by atoms with van der Waals surface area (Å²) in [5.41, 5.74) is 19.8. The molecule has 560 valence electrons. The Bertz CT molecular complexity index is 5700. The molecule has 6 aromatic heterocycles. The van der Waals surface area contributed by atoms with Crippen molar-refractivity contribution in [2.75, 3.05) is 0 Å². The molecule has 0 spiro atoms. The number of phenolic OH excluding ortho intramolecular Hbond substituents is 2. The molecule has 0 saturated carbocycles. The Morgan fingerprint density at radius 1 is 0.343 bits per heavy atom. The molecule has 0 unspecified atom stereocenters. The number of hydrogen-bond donors (Lipinski definition) is 2. The first kappa shape index (κ1) is 80.4. The molecule has 0 atom stereocenters. The van der Waals surface area contributed by atoms with Gasteiger partial charge in [-0.05, 0) is 138 Å². The summed E-state index contributed by atoms with van der Waals surface area (Å²) in [5, 5.41) is 32.3. The van der Waals surface area contributed by atoms with Crippen LogP contribution in [0.1, 0.15) is 158 Å². The van der Waals surface area contributed by atoms with Crippen LogP contribution in [-0.2, 0) is 74.6 Å². The Labute approximate surface area is 672 Å². The van der Waals surface area contributed by atoms with Crippen LogP contribution in [0.5, 0.6) is 11.5 Å². The summed E-state index contributed by atoms with van der Waals surface area (Å²) in [6, 6.07) is 80.7. The first-order chi connectivity index (χ1) is 49.7. The Kier molecular flexibility index (Phi) is 22.1. The fourth-order valence-electron chi connectivity index (χ4n) is 14.5. The number of benzene rings is 8. The third-order valence-electron chi connectivity index (χ3n) is 21.4. The molecule has 0 saturated heterocycles. The van der Waals surface area contributed by atoms with Crippen molar-refractivity contribution in [2.24, 2.45) is 0 Å². The van der Waals surface area contributed by atoms with Gasteiger partial charge in [-0.25, -0.2) is 0 Å². The second-order valence-corrected chi connectivity index (χ2v) is 45.0. The molecule has 0 bridgehead atoms. The summed E-state index contributed by atoms with van der Waals surface area (Å²) in [6.45, 7) is 49.9. The normalized spacial score (nSPS) is 12.6. The zero-order valence-electron chi connectivity index (χ0n) is 67.0. The van der Waals surface area contributed by atoms with Crippen LogP contribution in [0, 0.1) is 12.1 Å². The van der Waals surface area contributed by atoms with Gasteiger partial charge in [0, 0.05) is 92.3 Å². The Morgan fingerprint density at radius 2 is 0.806 bits per heavy atom. The second kappa shape index (κ2) is 29.6. The number of aromatic hydroxyl groups is 2.